The van der Waals surface area contributed by atoms with Crippen LogP contribution in [0, 0.1) is 23.5 Å². The van der Waals surface area contributed by atoms with Crippen molar-refractivity contribution in [3.63, 3.8) is 0 Å². The third-order valence-electron chi connectivity index (χ3n) is 2.07. The van der Waals surface area contributed by atoms with Crippen LogP contribution in [-0.2, 0) is 4.74 Å². The molecule has 0 aliphatic rings. The van der Waals surface area contributed by atoms with Crippen molar-refractivity contribution in [2.45, 2.75) is 12.8 Å². The number of hydrogen-bond donors (Lipinski definition) is 1. The van der Waals surface area contributed by atoms with Gasteiger partial charge in [-0.1, -0.05) is 0 Å². The number of nitrogens with one attached hydrogen (secondary N) is 1. The van der Waals surface area contributed by atoms with E-state index >= 15 is 0 Å². The summed E-state index contributed by atoms with van der Waals surface area (Å²) in [6.07, 6.45) is 1.22. The molecular weight excluding hydrogens is 240 g/mol. The van der Waals surface area contributed by atoms with Gasteiger partial charge in [0.2, 0.25) is 11.6 Å². The van der Waals surface area contributed by atoms with Crippen molar-refractivity contribution in [3.8, 4) is 0 Å². The van der Waals surface area contributed by atoms with Gasteiger partial charge in [0.25, 0.3) is 11.9 Å². The van der Waals surface area contributed by atoms with Crippen molar-refractivity contribution in [1.82, 2.24) is 4.98 Å². The van der Waals surface area contributed by atoms with Crippen LogP contribution >= 0.6 is 0 Å². The number of pyridine rings is 1. The maximum atomic E-state index is 13.1. The zero-order valence-electron chi connectivity index (χ0n) is 9.20. The number of methoxy groups -OCH3 is 1. The van der Waals surface area contributed by atoms with Crippen LogP contribution in [0.15, 0.2) is 0 Å². The van der Waals surface area contributed by atoms with Gasteiger partial charge in [-0.15, -0.1) is 0 Å². The van der Waals surface area contributed by atoms with E-state index in [9.17, 15) is 17.6 Å². The van der Waals surface area contributed by atoms with E-state index in [2.05, 4.69) is 10.3 Å². The van der Waals surface area contributed by atoms with Crippen molar-refractivity contribution in [3.05, 3.63) is 23.5 Å². The van der Waals surface area contributed by atoms with Gasteiger partial charge in [-0.25, -0.2) is 0 Å². The van der Waals surface area contributed by atoms with E-state index in [-0.39, 0.29) is 6.54 Å². The Morgan fingerprint density at radius 1 is 1.06 bits per heavy atom. The Morgan fingerprint density at radius 3 is 2.18 bits per heavy atom. The molecule has 3 nitrogen and oxygen atoms in total. The van der Waals surface area contributed by atoms with Gasteiger partial charge in [-0.2, -0.15) is 22.5 Å². The molecule has 0 radical (unpaired) electrons. The SMILES string of the molecule is COCCCCNc1c(F)c(F)nc(F)c1F. The maximum absolute atomic E-state index is 13.1. The molecule has 1 aromatic rings. The fourth-order valence-corrected chi connectivity index (χ4v) is 1.23. The van der Waals surface area contributed by atoms with Gasteiger partial charge in [0, 0.05) is 20.3 Å². The lowest BCUT2D eigenvalue weighted by molar-refractivity contribution is 0.193. The number of nitrogens with zero attached hydrogens (tertiary/aromatic N) is 1. The van der Waals surface area contributed by atoms with Crippen LogP contribution in [0.5, 0.6) is 0 Å². The molecule has 0 amide bonds. The molecule has 0 saturated heterocycles. The van der Waals surface area contributed by atoms with Crippen molar-refractivity contribution in [1.29, 1.82) is 0 Å². The van der Waals surface area contributed by atoms with Crippen LogP contribution in [-0.4, -0.2) is 25.2 Å². The van der Waals surface area contributed by atoms with Gasteiger partial charge in [-0.3, -0.25) is 0 Å². The predicted molar refractivity (Wildman–Crippen MR) is 53.7 cm³/mol. The second-order valence-electron chi connectivity index (χ2n) is 3.32. The zero-order valence-corrected chi connectivity index (χ0v) is 9.20. The molecule has 0 aliphatic carbocycles. The molecule has 0 unspecified atom stereocenters. The summed E-state index contributed by atoms with van der Waals surface area (Å²) in [4.78, 5) is 2.45. The first-order valence-electron chi connectivity index (χ1n) is 5.00. The standard InChI is InChI=1S/C10H12F4N2O/c1-17-5-3-2-4-15-8-6(11)9(13)16-10(14)7(8)12/h2-5H2,1H3,(H,15,16). The zero-order chi connectivity index (χ0) is 12.8. The Labute approximate surface area is 95.8 Å². The minimum atomic E-state index is -1.66. The van der Waals surface area contributed by atoms with Crippen LogP contribution in [0.25, 0.3) is 0 Å². The molecule has 1 rings (SSSR count). The topological polar surface area (TPSA) is 34.1 Å². The van der Waals surface area contributed by atoms with E-state index in [0.29, 0.717) is 19.4 Å². The number of halogens is 4. The molecule has 17 heavy (non-hydrogen) atoms. The van der Waals surface area contributed by atoms with Crippen LogP contribution < -0.4 is 5.32 Å². The number of hydrogen-bond acceptors (Lipinski definition) is 3. The molecule has 0 spiro atoms. The Bertz CT molecular complexity index is 361. The highest BCUT2D eigenvalue weighted by atomic mass is 19.2. The molecule has 0 fully saturated rings. The molecule has 96 valence electrons. The predicted octanol–water partition coefficient (Wildman–Crippen LogP) is 2.48. The van der Waals surface area contributed by atoms with Crippen LogP contribution in [0.4, 0.5) is 23.2 Å². The highest BCUT2D eigenvalue weighted by Crippen LogP contribution is 2.21. The molecule has 1 heterocycles. The summed E-state index contributed by atoms with van der Waals surface area (Å²) < 4.78 is 56.3. The molecule has 1 N–H and O–H groups in total. The largest absolute Gasteiger partial charge is 0.385 e. The van der Waals surface area contributed by atoms with Crippen LogP contribution in [0.3, 0.4) is 0 Å². The normalized spacial score (nSPS) is 10.6. The number of anilines is 1. The Balaban J connectivity index is 2.64. The molecule has 0 aromatic carbocycles. The summed E-state index contributed by atoms with van der Waals surface area (Å²) in [7, 11) is 1.53. The summed E-state index contributed by atoms with van der Waals surface area (Å²) in [5, 5.41) is 2.30. The number of rotatable bonds is 6. The Kier molecular flexibility index (Phi) is 5.14. The van der Waals surface area contributed by atoms with E-state index in [1.807, 2.05) is 0 Å². The van der Waals surface area contributed by atoms with E-state index < -0.39 is 29.2 Å². The summed E-state index contributed by atoms with van der Waals surface area (Å²) in [5.41, 5.74) is -0.826. The molecule has 0 aliphatic heterocycles. The maximum Gasteiger partial charge on any atom is 0.253 e. The van der Waals surface area contributed by atoms with Gasteiger partial charge < -0.3 is 10.1 Å². The minimum Gasteiger partial charge on any atom is -0.385 e. The quantitative estimate of drug-likeness (QED) is 0.480. The van der Waals surface area contributed by atoms with Crippen LogP contribution in [0.2, 0.25) is 0 Å². The number of ether oxygens (including phenoxy) is 1. The van der Waals surface area contributed by atoms with Crippen molar-refractivity contribution < 1.29 is 22.3 Å². The first-order valence-corrected chi connectivity index (χ1v) is 5.00. The molecule has 1 aromatic heterocycles. The molecule has 0 atom stereocenters. The summed E-state index contributed by atoms with van der Waals surface area (Å²) in [6.45, 7) is 0.686. The molecule has 7 heteroatoms. The third-order valence-corrected chi connectivity index (χ3v) is 2.07. The van der Waals surface area contributed by atoms with Gasteiger partial charge in [-0.05, 0) is 12.8 Å². The lowest BCUT2D eigenvalue weighted by Crippen LogP contribution is -2.11. The fourth-order valence-electron chi connectivity index (χ4n) is 1.23. The third kappa shape index (κ3) is 3.55. The molecular formula is C10H12F4N2O. The van der Waals surface area contributed by atoms with Gasteiger partial charge >= 0.3 is 0 Å². The first kappa shape index (κ1) is 13.7. The lowest BCUT2D eigenvalue weighted by Gasteiger charge is -2.08. The fraction of sp³-hybridized carbons (Fsp3) is 0.500. The van der Waals surface area contributed by atoms with Crippen molar-refractivity contribution in [2.24, 2.45) is 0 Å². The van der Waals surface area contributed by atoms with Gasteiger partial charge in [0.15, 0.2) is 0 Å². The Hall–Kier alpha value is -1.37. The van der Waals surface area contributed by atoms with E-state index in [4.69, 9.17) is 4.74 Å². The second-order valence-corrected chi connectivity index (χ2v) is 3.32. The first-order chi connectivity index (χ1) is 8.07. The summed E-state index contributed by atoms with van der Waals surface area (Å²) in [5.74, 6) is -6.36. The number of aromatic nitrogens is 1. The van der Waals surface area contributed by atoms with Gasteiger partial charge in [0.1, 0.15) is 5.69 Å². The minimum absolute atomic E-state index is 0.181. The van der Waals surface area contributed by atoms with Gasteiger partial charge in [0.05, 0.1) is 0 Å². The van der Waals surface area contributed by atoms with Crippen molar-refractivity contribution in [2.75, 3.05) is 25.6 Å². The highest BCUT2D eigenvalue weighted by Gasteiger charge is 2.19. The number of unbranched alkanes of at least 4 members (excludes halogenated alkanes) is 1. The second kappa shape index (κ2) is 6.39. The monoisotopic (exact) mass is 252 g/mol. The molecule has 0 saturated carbocycles. The average Bonchev–Trinajstić information content (AvgIpc) is 2.30. The van der Waals surface area contributed by atoms with E-state index in [1.54, 1.807) is 0 Å². The average molecular weight is 252 g/mol. The van der Waals surface area contributed by atoms with E-state index in [1.165, 1.54) is 7.11 Å². The Morgan fingerprint density at radius 2 is 1.65 bits per heavy atom. The van der Waals surface area contributed by atoms with E-state index in [0.717, 1.165) is 0 Å². The van der Waals surface area contributed by atoms with Crippen LogP contribution in [0.1, 0.15) is 12.8 Å². The smallest absolute Gasteiger partial charge is 0.253 e. The summed E-state index contributed by atoms with van der Waals surface area (Å²) in [6, 6.07) is 0. The highest BCUT2D eigenvalue weighted by molar-refractivity contribution is 5.45. The lowest BCUT2D eigenvalue weighted by atomic mass is 10.3. The molecule has 0 bridgehead atoms. The van der Waals surface area contributed by atoms with Crippen molar-refractivity contribution >= 4 is 5.69 Å². The summed E-state index contributed by atoms with van der Waals surface area (Å²) >= 11 is 0.